The highest BCUT2D eigenvalue weighted by Gasteiger charge is 2.27. The molecule has 2 N–H and O–H groups in total. The molecule has 0 radical (unpaired) electrons. The number of phenolic OH excluding ortho intramolecular Hbond substituents is 1. The highest BCUT2D eigenvalue weighted by atomic mass is 79.9. The van der Waals surface area contributed by atoms with Crippen LogP contribution in [0.25, 0.3) is 0 Å². The molecule has 1 amide bonds. The van der Waals surface area contributed by atoms with Gasteiger partial charge in [0.15, 0.2) is 0 Å². The number of nitrogens with zero attached hydrogens (tertiary/aromatic N) is 2. The van der Waals surface area contributed by atoms with Crippen molar-refractivity contribution >= 4 is 43.8 Å². The summed E-state index contributed by atoms with van der Waals surface area (Å²) in [5, 5.41) is 13.5. The largest absolute Gasteiger partial charge is 0.507 e. The number of sulfonamides is 1. The number of hydrogen-bond donors (Lipinski definition) is 2. The first kappa shape index (κ1) is 21.5. The lowest BCUT2D eigenvalue weighted by Gasteiger charge is -2.23. The van der Waals surface area contributed by atoms with E-state index in [1.807, 2.05) is 0 Å². The first-order valence-electron chi connectivity index (χ1n) is 8.81. The van der Waals surface area contributed by atoms with Crippen LogP contribution in [0.15, 0.2) is 93.3 Å². The molecule has 154 valence electrons. The quantitative estimate of drug-likeness (QED) is 0.393. The average Bonchev–Trinajstić information content (AvgIpc) is 2.74. The van der Waals surface area contributed by atoms with Crippen molar-refractivity contribution in [2.24, 2.45) is 5.10 Å². The van der Waals surface area contributed by atoms with Crippen LogP contribution < -0.4 is 9.73 Å². The summed E-state index contributed by atoms with van der Waals surface area (Å²) in [4.78, 5) is 12.5. The molecular weight excluding hydrogens is 470 g/mol. The number of aromatic hydroxyl groups is 1. The molecular formula is C21H18BrN3O4S. The summed E-state index contributed by atoms with van der Waals surface area (Å²) in [6.07, 6.45) is 1.28. The van der Waals surface area contributed by atoms with Gasteiger partial charge in [-0.3, -0.25) is 9.10 Å². The van der Waals surface area contributed by atoms with Crippen molar-refractivity contribution in [3.8, 4) is 5.75 Å². The smallest absolute Gasteiger partial charge is 0.264 e. The van der Waals surface area contributed by atoms with Gasteiger partial charge in [-0.05, 0) is 42.5 Å². The second-order valence-corrected chi connectivity index (χ2v) is 8.93. The molecule has 0 aromatic heterocycles. The Labute approximate surface area is 182 Å². The molecule has 9 heteroatoms. The lowest BCUT2D eigenvalue weighted by atomic mass is 10.2. The zero-order chi connectivity index (χ0) is 21.6. The fourth-order valence-corrected chi connectivity index (χ4v) is 4.42. The lowest BCUT2D eigenvalue weighted by molar-refractivity contribution is -0.119. The fraction of sp³-hybridized carbons (Fsp3) is 0.0476. The van der Waals surface area contributed by atoms with Crippen LogP contribution in [0.2, 0.25) is 0 Å². The van der Waals surface area contributed by atoms with Gasteiger partial charge >= 0.3 is 0 Å². The number of nitrogens with one attached hydrogen (secondary N) is 1. The number of halogens is 1. The number of amides is 1. The minimum atomic E-state index is -3.99. The van der Waals surface area contributed by atoms with Crippen LogP contribution in [-0.2, 0) is 14.8 Å². The zero-order valence-electron chi connectivity index (χ0n) is 15.6. The summed E-state index contributed by atoms with van der Waals surface area (Å²) in [5.41, 5.74) is 3.04. The molecule has 0 unspecified atom stereocenters. The summed E-state index contributed by atoms with van der Waals surface area (Å²) in [7, 11) is -3.99. The molecule has 0 bridgehead atoms. The topological polar surface area (TPSA) is 99.1 Å². The number of phenols is 1. The third-order valence-corrected chi connectivity index (χ3v) is 6.33. The number of hydrogen-bond acceptors (Lipinski definition) is 5. The molecule has 30 heavy (non-hydrogen) atoms. The van der Waals surface area contributed by atoms with E-state index in [0.717, 1.165) is 4.31 Å². The van der Waals surface area contributed by atoms with E-state index in [1.54, 1.807) is 60.7 Å². The number of hydrazone groups is 1. The van der Waals surface area contributed by atoms with Crippen molar-refractivity contribution in [3.63, 3.8) is 0 Å². The molecule has 0 saturated carbocycles. The van der Waals surface area contributed by atoms with Gasteiger partial charge in [-0.1, -0.05) is 52.3 Å². The Bertz CT molecular complexity index is 1170. The van der Waals surface area contributed by atoms with Crippen LogP contribution in [0.5, 0.6) is 5.75 Å². The highest BCUT2D eigenvalue weighted by molar-refractivity contribution is 9.10. The normalized spacial score (nSPS) is 11.4. The summed E-state index contributed by atoms with van der Waals surface area (Å²) in [6, 6.07) is 21.0. The van der Waals surface area contributed by atoms with Gasteiger partial charge in [-0.15, -0.1) is 0 Å². The molecule has 0 fully saturated rings. The van der Waals surface area contributed by atoms with Crippen LogP contribution in [0, 0.1) is 0 Å². The maximum atomic E-state index is 13.2. The second kappa shape index (κ2) is 9.55. The van der Waals surface area contributed by atoms with E-state index in [2.05, 4.69) is 26.5 Å². The maximum Gasteiger partial charge on any atom is 0.264 e. The number of carbonyl (C=O) groups is 1. The van der Waals surface area contributed by atoms with E-state index < -0.39 is 22.5 Å². The summed E-state index contributed by atoms with van der Waals surface area (Å²) >= 11 is 3.33. The van der Waals surface area contributed by atoms with Crippen LogP contribution in [0.1, 0.15) is 5.56 Å². The van der Waals surface area contributed by atoms with E-state index in [-0.39, 0.29) is 10.6 Å². The molecule has 0 aliphatic heterocycles. The van der Waals surface area contributed by atoms with Gasteiger partial charge in [0, 0.05) is 10.0 Å². The van der Waals surface area contributed by atoms with E-state index in [4.69, 9.17) is 0 Å². The van der Waals surface area contributed by atoms with Crippen LogP contribution in [-0.4, -0.2) is 32.2 Å². The van der Waals surface area contributed by atoms with Crippen molar-refractivity contribution in [3.05, 3.63) is 88.9 Å². The standard InChI is InChI=1S/C21H18BrN3O4S/c22-17-8-6-9-18(13-17)25(30(28,29)19-10-2-1-3-11-19)15-21(27)24-23-14-16-7-4-5-12-20(16)26/h1-14,26H,15H2,(H,24,27)/b23-14+. The monoisotopic (exact) mass is 487 g/mol. The SMILES string of the molecule is O=C(CN(c1cccc(Br)c1)S(=O)(=O)c1ccccc1)N/N=C/c1ccccc1O. The maximum absolute atomic E-state index is 13.2. The summed E-state index contributed by atoms with van der Waals surface area (Å²) in [6.45, 7) is -0.480. The van der Waals surface area contributed by atoms with Gasteiger partial charge in [-0.25, -0.2) is 13.8 Å². The Balaban J connectivity index is 1.84. The van der Waals surface area contributed by atoms with Crippen LogP contribution in [0.3, 0.4) is 0 Å². The predicted octanol–water partition coefficient (Wildman–Crippen LogP) is 3.50. The minimum absolute atomic E-state index is 0.0120. The fourth-order valence-electron chi connectivity index (χ4n) is 2.60. The zero-order valence-corrected chi connectivity index (χ0v) is 18.0. The Hall–Kier alpha value is -3.17. The Kier molecular flexibility index (Phi) is 6.86. The molecule has 0 spiro atoms. The number of anilines is 1. The lowest BCUT2D eigenvalue weighted by Crippen LogP contribution is -2.39. The molecule has 3 rings (SSSR count). The molecule has 0 saturated heterocycles. The van der Waals surface area contributed by atoms with E-state index in [1.165, 1.54) is 24.4 Å². The van der Waals surface area contributed by atoms with Crippen molar-refractivity contribution in [2.45, 2.75) is 4.90 Å². The van der Waals surface area contributed by atoms with Crippen molar-refractivity contribution in [1.29, 1.82) is 0 Å². The molecule has 3 aromatic rings. The Morgan fingerprint density at radius 3 is 2.43 bits per heavy atom. The summed E-state index contributed by atoms with van der Waals surface area (Å²) < 4.78 is 28.0. The van der Waals surface area contributed by atoms with Gasteiger partial charge in [0.2, 0.25) is 0 Å². The predicted molar refractivity (Wildman–Crippen MR) is 119 cm³/mol. The van der Waals surface area contributed by atoms with E-state index in [0.29, 0.717) is 15.7 Å². The van der Waals surface area contributed by atoms with Gasteiger partial charge in [0.25, 0.3) is 15.9 Å². The first-order valence-corrected chi connectivity index (χ1v) is 11.0. The van der Waals surface area contributed by atoms with E-state index in [9.17, 15) is 18.3 Å². The third-order valence-electron chi connectivity index (χ3n) is 4.04. The van der Waals surface area contributed by atoms with Crippen molar-refractivity contribution < 1.29 is 18.3 Å². The highest BCUT2D eigenvalue weighted by Crippen LogP contribution is 2.26. The molecule has 3 aromatic carbocycles. The third kappa shape index (κ3) is 5.25. The number of benzene rings is 3. The van der Waals surface area contributed by atoms with Crippen LogP contribution in [0.4, 0.5) is 5.69 Å². The second-order valence-electron chi connectivity index (χ2n) is 6.16. The molecule has 0 atom stereocenters. The van der Waals surface area contributed by atoms with Gasteiger partial charge in [-0.2, -0.15) is 5.10 Å². The Morgan fingerprint density at radius 2 is 1.73 bits per heavy atom. The van der Waals surface area contributed by atoms with E-state index >= 15 is 0 Å². The molecule has 0 aliphatic rings. The van der Waals surface area contributed by atoms with Crippen molar-refractivity contribution in [1.82, 2.24) is 5.43 Å². The molecule has 7 nitrogen and oxygen atoms in total. The number of para-hydroxylation sites is 1. The molecule has 0 heterocycles. The van der Waals surface area contributed by atoms with Gasteiger partial charge in [0.05, 0.1) is 16.8 Å². The minimum Gasteiger partial charge on any atom is -0.507 e. The van der Waals surface area contributed by atoms with Crippen molar-refractivity contribution in [2.75, 3.05) is 10.8 Å². The average molecular weight is 488 g/mol. The van der Waals surface area contributed by atoms with Crippen LogP contribution >= 0.6 is 15.9 Å². The first-order chi connectivity index (χ1) is 14.4. The molecule has 0 aliphatic carbocycles. The number of carbonyl (C=O) groups excluding carboxylic acids is 1. The summed E-state index contributed by atoms with van der Waals surface area (Å²) in [5.74, 6) is -0.626. The number of rotatable bonds is 7. The Morgan fingerprint density at radius 1 is 1.03 bits per heavy atom. The van der Waals surface area contributed by atoms with Gasteiger partial charge < -0.3 is 5.11 Å². The van der Waals surface area contributed by atoms with Gasteiger partial charge in [0.1, 0.15) is 12.3 Å².